The Hall–Kier alpha value is -0.570. The fourth-order valence-electron chi connectivity index (χ4n) is 1.69. The third-order valence-corrected chi connectivity index (χ3v) is 3.14. The van der Waals surface area contributed by atoms with Crippen molar-refractivity contribution in [1.29, 1.82) is 0 Å². The van der Waals surface area contributed by atoms with Crippen LogP contribution in [0.1, 0.15) is 27.2 Å². The summed E-state index contributed by atoms with van der Waals surface area (Å²) in [6.07, 6.45) is 3.44. The first-order valence-electron chi connectivity index (χ1n) is 5.11. The Morgan fingerprint density at radius 2 is 2.14 bits per heavy atom. The van der Waals surface area contributed by atoms with Crippen LogP contribution in [0.4, 0.5) is 0 Å². The SMILES string of the molecule is CNC(=S)N1CC=C(C(C)(C)C)CC1. The van der Waals surface area contributed by atoms with Crippen LogP contribution in [0.5, 0.6) is 0 Å². The van der Waals surface area contributed by atoms with Crippen molar-refractivity contribution in [1.82, 2.24) is 10.2 Å². The Balaban J connectivity index is 2.60. The highest BCUT2D eigenvalue weighted by atomic mass is 32.1. The van der Waals surface area contributed by atoms with Crippen LogP contribution in [0.15, 0.2) is 11.6 Å². The Morgan fingerprint density at radius 1 is 1.50 bits per heavy atom. The topological polar surface area (TPSA) is 15.3 Å². The fourth-order valence-corrected chi connectivity index (χ4v) is 1.86. The lowest BCUT2D eigenvalue weighted by Crippen LogP contribution is -2.41. The molecule has 0 bridgehead atoms. The highest BCUT2D eigenvalue weighted by Crippen LogP contribution is 2.29. The van der Waals surface area contributed by atoms with Gasteiger partial charge in [0.25, 0.3) is 0 Å². The van der Waals surface area contributed by atoms with E-state index < -0.39 is 0 Å². The summed E-state index contributed by atoms with van der Waals surface area (Å²) in [5, 5.41) is 3.87. The zero-order chi connectivity index (χ0) is 10.8. The maximum Gasteiger partial charge on any atom is 0.168 e. The van der Waals surface area contributed by atoms with Crippen LogP contribution in [0.2, 0.25) is 0 Å². The van der Waals surface area contributed by atoms with Gasteiger partial charge in [0.2, 0.25) is 0 Å². The number of rotatable bonds is 0. The van der Waals surface area contributed by atoms with Crippen molar-refractivity contribution in [2.45, 2.75) is 27.2 Å². The standard InChI is InChI=1S/C11H20N2S/c1-11(2,3)9-5-7-13(8-6-9)10(14)12-4/h5H,6-8H2,1-4H3,(H,12,14). The molecule has 0 amide bonds. The molecule has 1 aliphatic heterocycles. The summed E-state index contributed by atoms with van der Waals surface area (Å²) in [6, 6.07) is 0. The second-order valence-corrected chi connectivity index (χ2v) is 5.12. The van der Waals surface area contributed by atoms with Crippen LogP contribution >= 0.6 is 12.2 Å². The van der Waals surface area contributed by atoms with Crippen molar-refractivity contribution in [3.8, 4) is 0 Å². The number of hydrogen-bond acceptors (Lipinski definition) is 1. The molecule has 1 rings (SSSR count). The summed E-state index contributed by atoms with van der Waals surface area (Å²) in [5.74, 6) is 0. The van der Waals surface area contributed by atoms with Gasteiger partial charge in [-0.25, -0.2) is 0 Å². The van der Waals surface area contributed by atoms with Crippen LogP contribution in [-0.4, -0.2) is 30.1 Å². The molecule has 1 N–H and O–H groups in total. The molecule has 0 spiro atoms. The van der Waals surface area contributed by atoms with Crippen molar-refractivity contribution in [2.75, 3.05) is 20.1 Å². The lowest BCUT2D eigenvalue weighted by Gasteiger charge is -2.33. The van der Waals surface area contributed by atoms with E-state index in [9.17, 15) is 0 Å². The summed E-state index contributed by atoms with van der Waals surface area (Å²) >= 11 is 5.19. The molecule has 1 heterocycles. The highest BCUT2D eigenvalue weighted by Gasteiger charge is 2.21. The van der Waals surface area contributed by atoms with Crippen LogP contribution in [0, 0.1) is 5.41 Å². The maximum absolute atomic E-state index is 5.19. The van der Waals surface area contributed by atoms with E-state index in [-0.39, 0.29) is 0 Å². The smallest absolute Gasteiger partial charge is 0.168 e. The number of hydrogen-bond donors (Lipinski definition) is 1. The van der Waals surface area contributed by atoms with Crippen molar-refractivity contribution in [3.05, 3.63) is 11.6 Å². The molecule has 0 aromatic heterocycles. The Labute approximate surface area is 92.4 Å². The summed E-state index contributed by atoms with van der Waals surface area (Å²) in [7, 11) is 1.88. The maximum atomic E-state index is 5.19. The van der Waals surface area contributed by atoms with Crippen molar-refractivity contribution < 1.29 is 0 Å². The molecule has 3 heteroatoms. The first kappa shape index (κ1) is 11.5. The molecule has 0 saturated heterocycles. The van der Waals surface area contributed by atoms with Gasteiger partial charge in [-0.1, -0.05) is 32.4 Å². The second-order valence-electron chi connectivity index (χ2n) is 4.73. The lowest BCUT2D eigenvalue weighted by molar-refractivity contribution is 0.389. The molecule has 0 saturated carbocycles. The summed E-state index contributed by atoms with van der Waals surface area (Å²) in [5.41, 5.74) is 1.86. The van der Waals surface area contributed by atoms with E-state index in [1.807, 2.05) is 7.05 Å². The van der Waals surface area contributed by atoms with Crippen LogP contribution in [-0.2, 0) is 0 Å². The first-order chi connectivity index (χ1) is 6.45. The summed E-state index contributed by atoms with van der Waals surface area (Å²) in [4.78, 5) is 2.20. The second kappa shape index (κ2) is 4.30. The van der Waals surface area contributed by atoms with E-state index in [4.69, 9.17) is 12.2 Å². The molecule has 80 valence electrons. The van der Waals surface area contributed by atoms with E-state index in [1.54, 1.807) is 5.57 Å². The van der Waals surface area contributed by atoms with Gasteiger partial charge in [-0.2, -0.15) is 0 Å². The summed E-state index contributed by atoms with van der Waals surface area (Å²) in [6.45, 7) is 8.80. The van der Waals surface area contributed by atoms with Gasteiger partial charge in [0.15, 0.2) is 5.11 Å². The quantitative estimate of drug-likeness (QED) is 0.489. The minimum atomic E-state index is 0.313. The van der Waals surface area contributed by atoms with Gasteiger partial charge in [0.1, 0.15) is 0 Å². The fraction of sp³-hybridized carbons (Fsp3) is 0.727. The van der Waals surface area contributed by atoms with Crippen LogP contribution in [0.3, 0.4) is 0 Å². The van der Waals surface area contributed by atoms with E-state index in [2.05, 4.69) is 37.1 Å². The molecule has 0 fully saturated rings. The number of nitrogens with zero attached hydrogens (tertiary/aromatic N) is 1. The first-order valence-corrected chi connectivity index (χ1v) is 5.52. The third kappa shape index (κ3) is 2.71. The molecule has 0 aromatic carbocycles. The van der Waals surface area contributed by atoms with Crippen molar-refractivity contribution in [3.63, 3.8) is 0 Å². The van der Waals surface area contributed by atoms with E-state index in [1.165, 1.54) is 0 Å². The molecular weight excluding hydrogens is 192 g/mol. The van der Waals surface area contributed by atoms with Gasteiger partial charge in [-0.3, -0.25) is 0 Å². The molecule has 2 nitrogen and oxygen atoms in total. The van der Waals surface area contributed by atoms with E-state index >= 15 is 0 Å². The average molecular weight is 212 g/mol. The molecule has 1 aliphatic rings. The average Bonchev–Trinajstić information content (AvgIpc) is 2.15. The molecule has 0 aliphatic carbocycles. The Kier molecular flexibility index (Phi) is 3.53. The van der Waals surface area contributed by atoms with E-state index in [0.717, 1.165) is 24.6 Å². The van der Waals surface area contributed by atoms with Gasteiger partial charge in [-0.05, 0) is 24.1 Å². The van der Waals surface area contributed by atoms with Gasteiger partial charge in [-0.15, -0.1) is 0 Å². The molecule has 0 aromatic rings. The van der Waals surface area contributed by atoms with Gasteiger partial charge in [0.05, 0.1) is 0 Å². The van der Waals surface area contributed by atoms with Crippen molar-refractivity contribution in [2.24, 2.45) is 5.41 Å². The Morgan fingerprint density at radius 3 is 2.50 bits per heavy atom. The zero-order valence-corrected chi connectivity index (χ0v) is 10.4. The lowest BCUT2D eigenvalue weighted by atomic mass is 9.83. The molecule has 0 atom stereocenters. The predicted octanol–water partition coefficient (Wildman–Crippen LogP) is 2.17. The van der Waals surface area contributed by atoms with Crippen molar-refractivity contribution >= 4 is 17.3 Å². The molecule has 14 heavy (non-hydrogen) atoms. The van der Waals surface area contributed by atoms with Crippen LogP contribution in [0.25, 0.3) is 0 Å². The monoisotopic (exact) mass is 212 g/mol. The minimum Gasteiger partial charge on any atom is -0.366 e. The zero-order valence-electron chi connectivity index (χ0n) is 9.55. The Bertz CT molecular complexity index is 251. The van der Waals surface area contributed by atoms with Gasteiger partial charge < -0.3 is 10.2 Å². The third-order valence-electron chi connectivity index (χ3n) is 2.67. The largest absolute Gasteiger partial charge is 0.366 e. The normalized spacial score (nSPS) is 17.7. The number of nitrogens with one attached hydrogen (secondary N) is 1. The predicted molar refractivity (Wildman–Crippen MR) is 65.4 cm³/mol. The van der Waals surface area contributed by atoms with Gasteiger partial charge in [0, 0.05) is 20.1 Å². The molecule has 0 radical (unpaired) electrons. The number of thiocarbonyl (C=S) groups is 1. The highest BCUT2D eigenvalue weighted by molar-refractivity contribution is 7.80. The minimum absolute atomic E-state index is 0.313. The van der Waals surface area contributed by atoms with Crippen LogP contribution < -0.4 is 5.32 Å². The van der Waals surface area contributed by atoms with E-state index in [0.29, 0.717) is 5.41 Å². The molecular formula is C11H20N2S. The summed E-state index contributed by atoms with van der Waals surface area (Å²) < 4.78 is 0. The molecule has 0 unspecified atom stereocenters. The van der Waals surface area contributed by atoms with Gasteiger partial charge >= 0.3 is 0 Å².